The average molecular weight is 263 g/mol. The van der Waals surface area contributed by atoms with Crippen molar-refractivity contribution in [1.29, 1.82) is 0 Å². The van der Waals surface area contributed by atoms with E-state index in [0.29, 0.717) is 11.6 Å². The van der Waals surface area contributed by atoms with Crippen molar-refractivity contribution in [2.45, 2.75) is 5.92 Å². The molecular weight excluding hydrogens is 248 g/mol. The number of benzene rings is 2. The van der Waals surface area contributed by atoms with Gasteiger partial charge >= 0.3 is 0 Å². The molecule has 2 rings (SSSR count). The molecule has 0 saturated carbocycles. The SMILES string of the molecule is OCC(COc1ccccc1)c1cccc(Cl)c1. The molecule has 0 heterocycles. The van der Waals surface area contributed by atoms with E-state index in [1.807, 2.05) is 54.6 Å². The Kier molecular flexibility index (Phi) is 4.62. The lowest BCUT2D eigenvalue weighted by Gasteiger charge is -2.16. The second-order valence-electron chi connectivity index (χ2n) is 4.06. The van der Waals surface area contributed by atoms with Crippen LogP contribution in [0.5, 0.6) is 5.75 Å². The molecule has 94 valence electrons. The van der Waals surface area contributed by atoms with E-state index in [-0.39, 0.29) is 12.5 Å². The predicted molar refractivity (Wildman–Crippen MR) is 73.2 cm³/mol. The van der Waals surface area contributed by atoms with Gasteiger partial charge in [-0.05, 0) is 29.8 Å². The highest BCUT2D eigenvalue weighted by Crippen LogP contribution is 2.21. The highest BCUT2D eigenvalue weighted by Gasteiger charge is 2.11. The standard InChI is InChI=1S/C15H15ClO2/c16-14-6-4-5-12(9-14)13(10-17)11-18-15-7-2-1-3-8-15/h1-9,13,17H,10-11H2. The minimum atomic E-state index is -0.0658. The number of aliphatic hydroxyl groups excluding tert-OH is 1. The third-order valence-electron chi connectivity index (χ3n) is 2.73. The molecule has 0 fully saturated rings. The average Bonchev–Trinajstić information content (AvgIpc) is 2.41. The topological polar surface area (TPSA) is 29.5 Å². The third-order valence-corrected chi connectivity index (χ3v) is 2.97. The fourth-order valence-electron chi connectivity index (χ4n) is 1.73. The van der Waals surface area contributed by atoms with E-state index in [4.69, 9.17) is 16.3 Å². The molecule has 3 heteroatoms. The molecule has 0 aliphatic rings. The first-order chi connectivity index (χ1) is 8.79. The van der Waals surface area contributed by atoms with Gasteiger partial charge in [0.15, 0.2) is 0 Å². The molecule has 0 radical (unpaired) electrons. The summed E-state index contributed by atoms with van der Waals surface area (Å²) in [7, 11) is 0. The van der Waals surface area contributed by atoms with Gasteiger partial charge in [-0.25, -0.2) is 0 Å². The number of aliphatic hydroxyl groups is 1. The van der Waals surface area contributed by atoms with Crippen molar-refractivity contribution in [3.05, 3.63) is 65.2 Å². The summed E-state index contributed by atoms with van der Waals surface area (Å²) in [5, 5.41) is 10.1. The monoisotopic (exact) mass is 262 g/mol. The molecule has 0 bridgehead atoms. The molecule has 0 amide bonds. The summed E-state index contributed by atoms with van der Waals surface area (Å²) in [5.41, 5.74) is 0.987. The van der Waals surface area contributed by atoms with Crippen LogP contribution in [0.15, 0.2) is 54.6 Å². The second kappa shape index (κ2) is 6.43. The van der Waals surface area contributed by atoms with Crippen molar-refractivity contribution >= 4 is 11.6 Å². The molecule has 0 saturated heterocycles. The van der Waals surface area contributed by atoms with Crippen molar-refractivity contribution in [3.8, 4) is 5.75 Å². The van der Waals surface area contributed by atoms with Crippen LogP contribution in [-0.4, -0.2) is 18.3 Å². The van der Waals surface area contributed by atoms with Gasteiger partial charge in [0.1, 0.15) is 5.75 Å². The van der Waals surface area contributed by atoms with Crippen LogP contribution in [-0.2, 0) is 0 Å². The van der Waals surface area contributed by atoms with Gasteiger partial charge in [0.2, 0.25) is 0 Å². The molecule has 18 heavy (non-hydrogen) atoms. The number of rotatable bonds is 5. The largest absolute Gasteiger partial charge is 0.493 e. The Bertz CT molecular complexity index is 485. The summed E-state index contributed by atoms with van der Waals surface area (Å²) >= 11 is 5.94. The molecule has 0 aromatic heterocycles. The molecule has 0 aliphatic carbocycles. The van der Waals surface area contributed by atoms with Gasteiger partial charge in [-0.1, -0.05) is 41.9 Å². The number of halogens is 1. The quantitative estimate of drug-likeness (QED) is 0.894. The van der Waals surface area contributed by atoms with E-state index >= 15 is 0 Å². The van der Waals surface area contributed by atoms with Gasteiger partial charge in [-0.15, -0.1) is 0 Å². The molecule has 1 atom stereocenters. The van der Waals surface area contributed by atoms with E-state index in [0.717, 1.165) is 11.3 Å². The maximum Gasteiger partial charge on any atom is 0.119 e. The van der Waals surface area contributed by atoms with Gasteiger partial charge in [0.05, 0.1) is 13.2 Å². The number of hydrogen-bond donors (Lipinski definition) is 1. The first-order valence-corrected chi connectivity index (χ1v) is 6.21. The Morgan fingerprint density at radius 3 is 2.50 bits per heavy atom. The maximum atomic E-state index is 9.43. The van der Waals surface area contributed by atoms with Gasteiger partial charge in [-0.3, -0.25) is 0 Å². The Balaban J connectivity index is 2.02. The van der Waals surface area contributed by atoms with E-state index in [1.165, 1.54) is 0 Å². The zero-order valence-corrected chi connectivity index (χ0v) is 10.7. The van der Waals surface area contributed by atoms with Gasteiger partial charge < -0.3 is 9.84 Å². The van der Waals surface area contributed by atoms with Crippen molar-refractivity contribution < 1.29 is 9.84 Å². The highest BCUT2D eigenvalue weighted by atomic mass is 35.5. The fourth-order valence-corrected chi connectivity index (χ4v) is 1.93. The Labute approximate surface area is 112 Å². The summed E-state index contributed by atoms with van der Waals surface area (Å²) in [6, 6.07) is 17.1. The zero-order chi connectivity index (χ0) is 12.8. The Morgan fingerprint density at radius 2 is 1.83 bits per heavy atom. The smallest absolute Gasteiger partial charge is 0.119 e. The highest BCUT2D eigenvalue weighted by molar-refractivity contribution is 6.30. The summed E-state index contributed by atoms with van der Waals surface area (Å²) in [5.74, 6) is 0.738. The zero-order valence-electron chi connectivity index (χ0n) is 9.92. The number of ether oxygens (including phenoxy) is 1. The van der Waals surface area contributed by atoms with Crippen LogP contribution in [0.3, 0.4) is 0 Å². The fraction of sp³-hybridized carbons (Fsp3) is 0.200. The lowest BCUT2D eigenvalue weighted by Crippen LogP contribution is -2.14. The van der Waals surface area contributed by atoms with E-state index in [2.05, 4.69) is 0 Å². The van der Waals surface area contributed by atoms with Crippen molar-refractivity contribution in [2.75, 3.05) is 13.2 Å². The molecule has 2 aromatic rings. The molecule has 2 nitrogen and oxygen atoms in total. The first kappa shape index (κ1) is 12.9. The minimum Gasteiger partial charge on any atom is -0.493 e. The van der Waals surface area contributed by atoms with Crippen molar-refractivity contribution in [1.82, 2.24) is 0 Å². The molecule has 0 spiro atoms. The van der Waals surface area contributed by atoms with Crippen LogP contribution >= 0.6 is 11.6 Å². The maximum absolute atomic E-state index is 9.43. The molecule has 1 N–H and O–H groups in total. The summed E-state index contributed by atoms with van der Waals surface area (Å²) < 4.78 is 5.65. The number of hydrogen-bond acceptors (Lipinski definition) is 2. The Hall–Kier alpha value is -1.51. The van der Waals surface area contributed by atoms with Crippen LogP contribution < -0.4 is 4.74 Å². The van der Waals surface area contributed by atoms with E-state index in [9.17, 15) is 5.11 Å². The lowest BCUT2D eigenvalue weighted by molar-refractivity contribution is 0.205. The predicted octanol–water partition coefficient (Wildman–Crippen LogP) is 3.49. The molecule has 0 aliphatic heterocycles. The van der Waals surface area contributed by atoms with E-state index < -0.39 is 0 Å². The molecular formula is C15H15ClO2. The van der Waals surface area contributed by atoms with Crippen LogP contribution in [0, 0.1) is 0 Å². The van der Waals surface area contributed by atoms with Crippen LogP contribution in [0.4, 0.5) is 0 Å². The van der Waals surface area contributed by atoms with Crippen molar-refractivity contribution in [3.63, 3.8) is 0 Å². The third kappa shape index (κ3) is 3.49. The van der Waals surface area contributed by atoms with Gasteiger partial charge in [0.25, 0.3) is 0 Å². The summed E-state index contributed by atoms with van der Waals surface area (Å²) in [6.45, 7) is 0.466. The summed E-state index contributed by atoms with van der Waals surface area (Å²) in [4.78, 5) is 0. The van der Waals surface area contributed by atoms with Gasteiger partial charge in [0, 0.05) is 10.9 Å². The van der Waals surface area contributed by atoms with Crippen molar-refractivity contribution in [2.24, 2.45) is 0 Å². The second-order valence-corrected chi connectivity index (χ2v) is 4.49. The van der Waals surface area contributed by atoms with Crippen LogP contribution in [0.1, 0.15) is 11.5 Å². The normalized spacial score (nSPS) is 12.1. The minimum absolute atomic E-state index is 0.0349. The molecule has 2 aromatic carbocycles. The van der Waals surface area contributed by atoms with Gasteiger partial charge in [-0.2, -0.15) is 0 Å². The van der Waals surface area contributed by atoms with E-state index in [1.54, 1.807) is 0 Å². The first-order valence-electron chi connectivity index (χ1n) is 5.84. The van der Waals surface area contributed by atoms with Crippen LogP contribution in [0.25, 0.3) is 0 Å². The number of para-hydroxylation sites is 1. The van der Waals surface area contributed by atoms with Crippen LogP contribution in [0.2, 0.25) is 5.02 Å². The Morgan fingerprint density at radius 1 is 1.06 bits per heavy atom. The lowest BCUT2D eigenvalue weighted by atomic mass is 10.0. The molecule has 1 unspecified atom stereocenters. The summed E-state index contributed by atoms with van der Waals surface area (Å²) in [6.07, 6.45) is 0.